The van der Waals surface area contributed by atoms with Crippen molar-refractivity contribution in [3.05, 3.63) is 39.5 Å². The standard InChI is InChI=1S/C28H44N3O8P/c1-8-21-18(5)23-16-39-28(35)24(23)25(32)22(21)12-11-17(4)15-29-13-14-40(36,30-19(6)26(33)37-9-2)31-20(7)27(34)38-10-3/h11,19-20,29,32H,8-10,12-16H2,1-7H3,(H2,30,31,36)/t19-,20-/m0/s1. The Labute approximate surface area is 236 Å². The number of esters is 3. The fraction of sp³-hybridized carbons (Fsp3) is 0.607. The van der Waals surface area contributed by atoms with Crippen molar-refractivity contribution in [1.82, 2.24) is 15.5 Å². The van der Waals surface area contributed by atoms with Gasteiger partial charge >= 0.3 is 17.9 Å². The molecule has 0 radical (unpaired) electrons. The number of phenolic OH excluding ortho intramolecular Hbond substituents is 1. The van der Waals surface area contributed by atoms with Crippen molar-refractivity contribution in [2.24, 2.45) is 0 Å². The lowest BCUT2D eigenvalue weighted by atomic mass is 9.89. The van der Waals surface area contributed by atoms with Crippen molar-refractivity contribution in [2.45, 2.75) is 80.0 Å². The molecular weight excluding hydrogens is 537 g/mol. The Hall–Kier alpha value is -2.72. The Morgan fingerprint density at radius 2 is 1.65 bits per heavy atom. The first-order valence-electron chi connectivity index (χ1n) is 13.8. The van der Waals surface area contributed by atoms with Crippen molar-refractivity contribution in [3.63, 3.8) is 0 Å². The number of cyclic esters (lactones) is 1. The third-order valence-electron chi connectivity index (χ3n) is 6.75. The number of rotatable bonds is 16. The lowest BCUT2D eigenvalue weighted by molar-refractivity contribution is -0.145. The molecule has 11 nitrogen and oxygen atoms in total. The van der Waals surface area contributed by atoms with Gasteiger partial charge in [0.15, 0.2) is 0 Å². The third kappa shape index (κ3) is 8.64. The van der Waals surface area contributed by atoms with E-state index in [9.17, 15) is 24.1 Å². The quantitative estimate of drug-likeness (QED) is 0.0748. The number of benzene rings is 1. The van der Waals surface area contributed by atoms with E-state index < -0.39 is 37.4 Å². The molecule has 1 aromatic carbocycles. The van der Waals surface area contributed by atoms with Crippen LogP contribution in [0.3, 0.4) is 0 Å². The van der Waals surface area contributed by atoms with Gasteiger partial charge in [0.2, 0.25) is 7.44 Å². The first kappa shape index (κ1) is 33.5. The second kappa shape index (κ2) is 15.3. The van der Waals surface area contributed by atoms with Crippen LogP contribution in [0.1, 0.15) is 74.2 Å². The van der Waals surface area contributed by atoms with Crippen LogP contribution in [0.15, 0.2) is 11.6 Å². The molecule has 0 saturated heterocycles. The van der Waals surface area contributed by atoms with Crippen molar-refractivity contribution >= 4 is 25.4 Å². The monoisotopic (exact) mass is 581 g/mol. The van der Waals surface area contributed by atoms with E-state index in [1.165, 1.54) is 0 Å². The Balaban J connectivity index is 2.06. The van der Waals surface area contributed by atoms with Gasteiger partial charge < -0.3 is 24.6 Å². The number of carbonyl (C=O) groups excluding carboxylic acids is 3. The van der Waals surface area contributed by atoms with Gasteiger partial charge in [0.25, 0.3) is 0 Å². The zero-order valence-electron chi connectivity index (χ0n) is 24.6. The van der Waals surface area contributed by atoms with Gasteiger partial charge in [0.05, 0.1) is 13.2 Å². The summed E-state index contributed by atoms with van der Waals surface area (Å²) in [6.45, 7) is 13.8. The molecule has 1 aliphatic heterocycles. The first-order chi connectivity index (χ1) is 18.9. The molecule has 0 aromatic heterocycles. The van der Waals surface area contributed by atoms with E-state index in [1.54, 1.807) is 27.7 Å². The molecule has 224 valence electrons. The van der Waals surface area contributed by atoms with Crippen LogP contribution in [0.2, 0.25) is 0 Å². The second-order valence-corrected chi connectivity index (χ2v) is 12.3. The number of hydrogen-bond donors (Lipinski definition) is 4. The molecule has 0 saturated carbocycles. The molecule has 1 aromatic rings. The van der Waals surface area contributed by atoms with Crippen LogP contribution in [0, 0.1) is 6.92 Å². The van der Waals surface area contributed by atoms with Gasteiger partial charge in [-0.1, -0.05) is 18.6 Å². The van der Waals surface area contributed by atoms with Gasteiger partial charge in [-0.25, -0.2) is 15.0 Å². The van der Waals surface area contributed by atoms with Crippen LogP contribution >= 0.6 is 7.44 Å². The maximum Gasteiger partial charge on any atom is 0.342 e. The summed E-state index contributed by atoms with van der Waals surface area (Å²) < 4.78 is 28.9. The highest BCUT2D eigenvalue weighted by Crippen LogP contribution is 2.39. The highest BCUT2D eigenvalue weighted by Gasteiger charge is 2.32. The fourth-order valence-corrected chi connectivity index (χ4v) is 6.91. The lowest BCUT2D eigenvalue weighted by Gasteiger charge is -2.26. The van der Waals surface area contributed by atoms with E-state index >= 15 is 0 Å². The summed E-state index contributed by atoms with van der Waals surface area (Å²) in [5.41, 5.74) is 4.71. The predicted octanol–water partition coefficient (Wildman–Crippen LogP) is 3.29. The Bertz CT molecular complexity index is 1140. The average molecular weight is 582 g/mol. The van der Waals surface area contributed by atoms with Crippen LogP contribution in [0.4, 0.5) is 0 Å². The SMILES string of the molecule is CCOC(=O)[C@H](C)NP(=O)(CCNCC(C)=CCc1c(O)c2c(c(C)c1CC)COC2=O)N[C@@H](C)C(=O)OCC. The Morgan fingerprint density at radius 1 is 1.07 bits per heavy atom. The highest BCUT2D eigenvalue weighted by atomic mass is 31.2. The summed E-state index contributed by atoms with van der Waals surface area (Å²) in [5, 5.41) is 19.8. The summed E-state index contributed by atoms with van der Waals surface area (Å²) >= 11 is 0. The Morgan fingerprint density at radius 3 is 2.17 bits per heavy atom. The van der Waals surface area contributed by atoms with Gasteiger partial charge in [0.1, 0.15) is 30.0 Å². The fourth-order valence-electron chi connectivity index (χ4n) is 4.64. The summed E-state index contributed by atoms with van der Waals surface area (Å²) in [7, 11) is -3.41. The predicted molar refractivity (Wildman–Crippen MR) is 153 cm³/mol. The number of aromatic hydroxyl groups is 1. The zero-order chi connectivity index (χ0) is 30.0. The molecule has 12 heteroatoms. The van der Waals surface area contributed by atoms with Crippen molar-refractivity contribution in [2.75, 3.05) is 32.5 Å². The minimum Gasteiger partial charge on any atom is -0.507 e. The molecule has 0 bridgehead atoms. The summed E-state index contributed by atoms with van der Waals surface area (Å²) in [6.07, 6.45) is 3.25. The zero-order valence-corrected chi connectivity index (χ0v) is 25.5. The molecular formula is C28H44N3O8P. The van der Waals surface area contributed by atoms with Crippen LogP contribution in [0.5, 0.6) is 5.75 Å². The molecule has 2 rings (SSSR count). The van der Waals surface area contributed by atoms with Crippen molar-refractivity contribution < 1.29 is 38.3 Å². The van der Waals surface area contributed by atoms with Gasteiger partial charge in [0, 0.05) is 30.4 Å². The van der Waals surface area contributed by atoms with E-state index in [-0.39, 0.29) is 37.3 Å². The first-order valence-corrected chi connectivity index (χ1v) is 15.7. The molecule has 1 heterocycles. The molecule has 0 fully saturated rings. The van der Waals surface area contributed by atoms with Crippen molar-refractivity contribution in [1.29, 1.82) is 0 Å². The number of allylic oxidation sites excluding steroid dienone is 1. The molecule has 0 amide bonds. The van der Waals surface area contributed by atoms with Gasteiger partial charge in [-0.15, -0.1) is 0 Å². The summed E-state index contributed by atoms with van der Waals surface area (Å²) in [4.78, 5) is 36.4. The number of nitrogens with one attached hydrogen (secondary N) is 3. The second-order valence-electron chi connectivity index (χ2n) is 9.81. The molecule has 0 spiro atoms. The maximum atomic E-state index is 13.7. The van der Waals surface area contributed by atoms with E-state index in [4.69, 9.17) is 14.2 Å². The largest absolute Gasteiger partial charge is 0.507 e. The van der Waals surface area contributed by atoms with Crippen LogP contribution in [-0.2, 0) is 47.8 Å². The van der Waals surface area contributed by atoms with E-state index in [1.807, 2.05) is 26.8 Å². The van der Waals surface area contributed by atoms with Crippen LogP contribution in [-0.4, -0.2) is 67.6 Å². The smallest absolute Gasteiger partial charge is 0.342 e. The van der Waals surface area contributed by atoms with Crippen LogP contribution in [0.25, 0.3) is 0 Å². The maximum absolute atomic E-state index is 13.7. The molecule has 2 atom stereocenters. The highest BCUT2D eigenvalue weighted by molar-refractivity contribution is 7.60. The molecule has 0 unspecified atom stereocenters. The third-order valence-corrected chi connectivity index (χ3v) is 9.21. The minimum atomic E-state index is -3.41. The van der Waals surface area contributed by atoms with E-state index in [0.717, 1.165) is 27.8 Å². The normalized spacial score (nSPS) is 14.9. The topological polar surface area (TPSA) is 152 Å². The molecule has 40 heavy (non-hydrogen) atoms. The van der Waals surface area contributed by atoms with Gasteiger partial charge in [-0.05, 0) is 65.5 Å². The van der Waals surface area contributed by atoms with Gasteiger partial charge in [-0.3, -0.25) is 14.2 Å². The van der Waals surface area contributed by atoms with Gasteiger partial charge in [-0.2, -0.15) is 0 Å². The van der Waals surface area contributed by atoms with E-state index in [2.05, 4.69) is 15.5 Å². The molecule has 4 N–H and O–H groups in total. The number of ether oxygens (including phenoxy) is 3. The molecule has 0 aliphatic carbocycles. The average Bonchev–Trinajstić information content (AvgIpc) is 3.29. The lowest BCUT2D eigenvalue weighted by Crippen LogP contribution is -2.43. The number of fused-ring (bicyclic) bond motifs is 1. The van der Waals surface area contributed by atoms with Crippen LogP contribution < -0.4 is 15.5 Å². The number of hydrogen-bond acceptors (Lipinski definition) is 9. The van der Waals surface area contributed by atoms with Crippen molar-refractivity contribution in [3.8, 4) is 5.75 Å². The Kier molecular flexibility index (Phi) is 12.8. The summed E-state index contributed by atoms with van der Waals surface area (Å²) in [5.74, 6) is -1.58. The van der Waals surface area contributed by atoms with E-state index in [0.29, 0.717) is 25.9 Å². The summed E-state index contributed by atoms with van der Waals surface area (Å²) in [6, 6.07) is -1.69. The minimum absolute atomic E-state index is 0.0125. The number of carbonyl (C=O) groups is 3. The number of phenols is 1. The molecule has 1 aliphatic rings.